The molecule has 3 aromatic rings. The third-order valence-corrected chi connectivity index (χ3v) is 7.22. The number of hydrogen-bond acceptors (Lipinski definition) is 6. The van der Waals surface area contributed by atoms with Crippen molar-refractivity contribution in [3.05, 3.63) is 88.0 Å². The molecule has 0 N–H and O–H groups in total. The van der Waals surface area contributed by atoms with Crippen LogP contribution in [0, 0.1) is 10.1 Å². The molecule has 0 atom stereocenters. The van der Waals surface area contributed by atoms with Crippen molar-refractivity contribution in [1.29, 1.82) is 0 Å². The van der Waals surface area contributed by atoms with Gasteiger partial charge in [-0.05, 0) is 34.7 Å². The van der Waals surface area contributed by atoms with E-state index < -0.39 is 4.92 Å². The summed E-state index contributed by atoms with van der Waals surface area (Å²) in [4.78, 5) is 25.5. The number of rotatable bonds is 9. The van der Waals surface area contributed by atoms with E-state index in [-0.39, 0.29) is 29.6 Å². The first-order valence-corrected chi connectivity index (χ1v) is 13.2. The second kappa shape index (κ2) is 11.5. The number of nitrogens with zero attached hydrogens (tertiary/aromatic N) is 2. The van der Waals surface area contributed by atoms with Crippen molar-refractivity contribution in [2.24, 2.45) is 0 Å². The number of nitro groups is 1. The molecule has 1 fully saturated rings. The van der Waals surface area contributed by atoms with E-state index in [1.54, 1.807) is 17.0 Å². The number of ether oxygens (including phenoxy) is 3. The molecule has 0 spiro atoms. The fourth-order valence-corrected chi connectivity index (χ4v) is 5.19. The van der Waals surface area contributed by atoms with Gasteiger partial charge in [0.05, 0.1) is 11.5 Å². The van der Waals surface area contributed by atoms with Crippen LogP contribution in [0.4, 0.5) is 10.5 Å². The molecule has 1 amide bonds. The van der Waals surface area contributed by atoms with Crippen LogP contribution in [0.1, 0.15) is 49.7 Å². The summed E-state index contributed by atoms with van der Waals surface area (Å²) < 4.78 is 17.5. The average molecular weight is 517 g/mol. The van der Waals surface area contributed by atoms with E-state index in [1.807, 2.05) is 31.2 Å². The summed E-state index contributed by atoms with van der Waals surface area (Å²) in [5.41, 5.74) is 4.71. The second-order valence-electron chi connectivity index (χ2n) is 9.70. The second-order valence-corrected chi connectivity index (χ2v) is 9.70. The maximum Gasteiger partial charge on any atom is 0.409 e. The van der Waals surface area contributed by atoms with Crippen molar-refractivity contribution in [3.63, 3.8) is 0 Å². The van der Waals surface area contributed by atoms with E-state index in [0.29, 0.717) is 44.9 Å². The van der Waals surface area contributed by atoms with Crippen molar-refractivity contribution < 1.29 is 23.9 Å². The third kappa shape index (κ3) is 5.44. The molecule has 0 aromatic heterocycles. The van der Waals surface area contributed by atoms with Crippen LogP contribution >= 0.6 is 0 Å². The van der Waals surface area contributed by atoms with Crippen LogP contribution in [0.3, 0.4) is 0 Å². The summed E-state index contributed by atoms with van der Waals surface area (Å²) in [7, 11) is 0. The van der Waals surface area contributed by atoms with E-state index in [1.165, 1.54) is 28.3 Å². The zero-order valence-corrected chi connectivity index (χ0v) is 21.5. The van der Waals surface area contributed by atoms with Gasteiger partial charge in [-0.2, -0.15) is 0 Å². The minimum absolute atomic E-state index is 0.0306. The molecular formula is C30H32N2O6. The Morgan fingerprint density at radius 3 is 2.29 bits per heavy atom. The summed E-state index contributed by atoms with van der Waals surface area (Å²) in [6.07, 6.45) is 2.63. The molecular weight excluding hydrogens is 484 g/mol. The highest BCUT2D eigenvalue weighted by Crippen LogP contribution is 2.44. The Morgan fingerprint density at radius 1 is 1.00 bits per heavy atom. The van der Waals surface area contributed by atoms with Gasteiger partial charge >= 0.3 is 11.8 Å². The number of carbonyl (C=O) groups is 1. The minimum atomic E-state index is -0.447. The van der Waals surface area contributed by atoms with Gasteiger partial charge in [-0.15, -0.1) is 0 Å². The largest absolute Gasteiger partial charge is 0.490 e. The molecule has 0 bridgehead atoms. The Kier molecular flexibility index (Phi) is 7.77. The molecule has 8 heteroatoms. The maximum absolute atomic E-state index is 12.9. The first-order valence-electron chi connectivity index (χ1n) is 13.2. The van der Waals surface area contributed by atoms with Gasteiger partial charge in [-0.1, -0.05) is 61.9 Å². The van der Waals surface area contributed by atoms with Crippen molar-refractivity contribution >= 4 is 11.8 Å². The van der Waals surface area contributed by atoms with Crippen LogP contribution in [0.5, 0.6) is 11.5 Å². The van der Waals surface area contributed by atoms with E-state index in [2.05, 4.69) is 24.3 Å². The van der Waals surface area contributed by atoms with Crippen LogP contribution in [0.25, 0.3) is 11.1 Å². The number of amides is 1. The molecule has 1 aliphatic heterocycles. The molecule has 1 saturated heterocycles. The summed E-state index contributed by atoms with van der Waals surface area (Å²) in [5, 5.41) is 11.3. The molecule has 8 nitrogen and oxygen atoms in total. The van der Waals surface area contributed by atoms with Gasteiger partial charge in [0.2, 0.25) is 5.75 Å². The number of piperidine rings is 1. The highest BCUT2D eigenvalue weighted by atomic mass is 16.6. The molecule has 0 saturated carbocycles. The third-order valence-electron chi connectivity index (χ3n) is 7.22. The van der Waals surface area contributed by atoms with Crippen LogP contribution in [-0.4, -0.2) is 48.3 Å². The van der Waals surface area contributed by atoms with E-state index in [4.69, 9.17) is 14.2 Å². The van der Waals surface area contributed by atoms with Crippen molar-refractivity contribution in [1.82, 2.24) is 4.90 Å². The summed E-state index contributed by atoms with van der Waals surface area (Å²) in [6, 6.07) is 21.2. The highest BCUT2D eigenvalue weighted by molar-refractivity contribution is 5.79. The number of nitro benzene ring substituents is 1. The standard InChI is InChI=1S/C30H32N2O6/c1-2-3-18-36-29-19-22(12-13-28(29)32(34)35)38-21-14-16-31(17-15-21)30(33)37-20-27-25-10-6-4-8-23(25)24-9-5-7-11-26(24)27/h4-13,19,21,27H,2-3,14-18,20H2,1H3. The number of unbranched alkanes of at least 4 members (excludes halogenated alkanes) is 1. The smallest absolute Gasteiger partial charge is 0.409 e. The van der Waals surface area contributed by atoms with Crippen molar-refractivity contribution in [2.75, 3.05) is 26.3 Å². The van der Waals surface area contributed by atoms with Crippen molar-refractivity contribution in [3.8, 4) is 22.6 Å². The Labute approximate surface area is 222 Å². The number of carbonyl (C=O) groups excluding carboxylic acids is 1. The fourth-order valence-electron chi connectivity index (χ4n) is 5.19. The quantitative estimate of drug-likeness (QED) is 0.182. The first-order chi connectivity index (χ1) is 18.5. The Hall–Kier alpha value is -4.07. The molecule has 198 valence electrons. The lowest BCUT2D eigenvalue weighted by Crippen LogP contribution is -2.42. The normalized spacial score (nSPS) is 15.0. The summed E-state index contributed by atoms with van der Waals surface area (Å²) in [5.74, 6) is 0.779. The lowest BCUT2D eigenvalue weighted by atomic mass is 9.98. The van der Waals surface area contributed by atoms with Crippen molar-refractivity contribution in [2.45, 2.75) is 44.6 Å². The molecule has 0 radical (unpaired) electrons. The van der Waals surface area contributed by atoms with Gasteiger partial charge in [0.15, 0.2) is 0 Å². The van der Waals surface area contributed by atoms with E-state index in [0.717, 1.165) is 12.8 Å². The minimum Gasteiger partial charge on any atom is -0.490 e. The SMILES string of the molecule is CCCCOc1cc(OC2CCN(C(=O)OCC3c4ccccc4-c4ccccc43)CC2)ccc1[N+](=O)[O-]. The summed E-state index contributed by atoms with van der Waals surface area (Å²) in [6.45, 7) is 3.79. The lowest BCUT2D eigenvalue weighted by molar-refractivity contribution is -0.385. The molecule has 38 heavy (non-hydrogen) atoms. The molecule has 0 unspecified atom stereocenters. The van der Waals surface area contributed by atoms with Gasteiger partial charge in [0.25, 0.3) is 0 Å². The van der Waals surface area contributed by atoms with E-state index >= 15 is 0 Å². The zero-order valence-electron chi connectivity index (χ0n) is 21.5. The highest BCUT2D eigenvalue weighted by Gasteiger charge is 2.31. The number of benzene rings is 3. The van der Waals surface area contributed by atoms with Crippen LogP contribution in [0.2, 0.25) is 0 Å². The van der Waals surface area contributed by atoms with E-state index in [9.17, 15) is 14.9 Å². The fraction of sp³-hybridized carbons (Fsp3) is 0.367. The van der Waals surface area contributed by atoms with Gasteiger partial charge in [-0.25, -0.2) is 4.79 Å². The first kappa shape index (κ1) is 25.6. The van der Waals surface area contributed by atoms with Gasteiger partial charge in [0.1, 0.15) is 18.5 Å². The molecule has 1 heterocycles. The molecule has 2 aliphatic rings. The Morgan fingerprint density at radius 2 is 1.66 bits per heavy atom. The molecule has 3 aromatic carbocycles. The predicted octanol–water partition coefficient (Wildman–Crippen LogP) is 6.57. The number of likely N-dealkylation sites (tertiary alicyclic amines) is 1. The number of fused-ring (bicyclic) bond motifs is 3. The van der Waals surface area contributed by atoms with Gasteiger partial charge in [0, 0.05) is 44.0 Å². The zero-order chi connectivity index (χ0) is 26.5. The monoisotopic (exact) mass is 516 g/mol. The number of hydrogen-bond donors (Lipinski definition) is 0. The van der Waals surface area contributed by atoms with Crippen LogP contribution in [-0.2, 0) is 4.74 Å². The van der Waals surface area contributed by atoms with Crippen LogP contribution < -0.4 is 9.47 Å². The molecule has 5 rings (SSSR count). The van der Waals surface area contributed by atoms with Crippen LogP contribution in [0.15, 0.2) is 66.7 Å². The van der Waals surface area contributed by atoms with Gasteiger partial charge in [-0.3, -0.25) is 10.1 Å². The molecule has 1 aliphatic carbocycles. The Bertz CT molecular complexity index is 1260. The maximum atomic E-state index is 12.9. The predicted molar refractivity (Wildman–Crippen MR) is 144 cm³/mol. The lowest BCUT2D eigenvalue weighted by Gasteiger charge is -2.32. The Balaban J connectivity index is 1.15. The summed E-state index contributed by atoms with van der Waals surface area (Å²) >= 11 is 0. The average Bonchev–Trinajstić information content (AvgIpc) is 3.26. The topological polar surface area (TPSA) is 91.1 Å². The van der Waals surface area contributed by atoms with Gasteiger partial charge < -0.3 is 19.1 Å².